The van der Waals surface area contributed by atoms with E-state index >= 15 is 0 Å². The van der Waals surface area contributed by atoms with E-state index in [0.717, 1.165) is 6.33 Å². The van der Waals surface area contributed by atoms with E-state index < -0.39 is 83.8 Å². The standard InChI is InChI=1S/C21H27N7O14P2/c22-17-12-19(25-7-24-17)28(8-26-12)21-16(32)14(30)11(41-21)6-39-44(36,37)42-43(34,35)38-5-10-13(29)15(31)20(40-10)27-3-1-2-9(4-27)18(23)33/h1-4,7-8,10-11,13-16,20-21,29-32H,5-6H2,(H5-,22,23,24,25,33,34,35,36,37)/p+1/t10-,11+,13-,14+,15-,16+,20-,21+/m1/s1. The van der Waals surface area contributed by atoms with E-state index in [9.17, 15) is 44.1 Å². The number of ether oxygens (including phenoxy) is 2. The second-order valence-corrected chi connectivity index (χ2v) is 12.7. The molecule has 5 rings (SSSR count). The molecule has 2 aliphatic heterocycles. The Hall–Kier alpha value is -3.01. The Balaban J connectivity index is 1.16. The molecule has 2 fully saturated rings. The van der Waals surface area contributed by atoms with Gasteiger partial charge >= 0.3 is 15.6 Å². The third-order valence-corrected chi connectivity index (χ3v) is 9.35. The summed E-state index contributed by atoms with van der Waals surface area (Å²) in [5.74, 6) is -0.714. The zero-order valence-corrected chi connectivity index (χ0v) is 24.0. The molecule has 21 nitrogen and oxygen atoms in total. The Morgan fingerprint density at radius 3 is 2.27 bits per heavy atom. The maximum atomic E-state index is 12.4. The summed E-state index contributed by atoms with van der Waals surface area (Å²) in [5, 5.41) is 41.6. The molecule has 10 N–H and O–H groups in total. The van der Waals surface area contributed by atoms with Gasteiger partial charge in [0.15, 0.2) is 36.2 Å². The van der Waals surface area contributed by atoms with Crippen LogP contribution in [-0.4, -0.2) is 105 Å². The highest BCUT2D eigenvalue weighted by atomic mass is 31.3. The summed E-state index contributed by atoms with van der Waals surface area (Å²) in [7, 11) is -10.7. The van der Waals surface area contributed by atoms with Crippen LogP contribution in [0.3, 0.4) is 0 Å². The normalized spacial score (nSPS) is 31.6. The topological polar surface area (TPSA) is 318 Å². The molecule has 44 heavy (non-hydrogen) atoms. The molecular formula is C21H28N7O14P2+. The van der Waals surface area contributed by atoms with Gasteiger partial charge in [0.2, 0.25) is 0 Å². The van der Waals surface area contributed by atoms with Gasteiger partial charge in [-0.1, -0.05) is 0 Å². The van der Waals surface area contributed by atoms with E-state index in [-0.39, 0.29) is 22.5 Å². The maximum Gasteiger partial charge on any atom is 0.481 e. The number of aromatic nitrogens is 5. The zero-order chi connectivity index (χ0) is 32.0. The largest absolute Gasteiger partial charge is 0.481 e. The van der Waals surface area contributed by atoms with Crippen molar-refractivity contribution in [3.05, 3.63) is 42.7 Å². The van der Waals surface area contributed by atoms with Gasteiger partial charge < -0.3 is 51.2 Å². The van der Waals surface area contributed by atoms with Crippen LogP contribution in [0.25, 0.3) is 11.2 Å². The number of aliphatic hydroxyl groups is 4. The van der Waals surface area contributed by atoms with E-state index in [1.54, 1.807) is 0 Å². The second-order valence-electron chi connectivity index (χ2n) is 9.69. The molecule has 0 aromatic carbocycles. The number of hydrogen-bond donors (Lipinski definition) is 8. The van der Waals surface area contributed by atoms with Crippen molar-refractivity contribution in [1.82, 2.24) is 19.5 Å². The number of nitrogens with two attached hydrogens (primary N) is 2. The van der Waals surface area contributed by atoms with Crippen molar-refractivity contribution >= 4 is 38.5 Å². The van der Waals surface area contributed by atoms with Crippen molar-refractivity contribution in [3.8, 4) is 0 Å². The number of anilines is 1. The lowest BCUT2D eigenvalue weighted by Gasteiger charge is -2.20. The van der Waals surface area contributed by atoms with Crippen LogP contribution in [0.4, 0.5) is 5.82 Å². The SMILES string of the molecule is NC(=O)c1ccc[n+]([C@@H]2O[C@H](COP(=O)(O)OP(=O)(O)OC[C@@H]3O[C@H](n4cnc5c(N)ncnc54)[C@@H](O)[C@H]3O)[C@@H](O)[C@H]2O)c1. The molecule has 2 aliphatic rings. The number of phosphoric acid groups is 2. The molecule has 0 aliphatic carbocycles. The molecule has 10 atom stereocenters. The summed E-state index contributed by atoms with van der Waals surface area (Å²) >= 11 is 0. The number of rotatable bonds is 11. The molecule has 0 saturated carbocycles. The lowest BCUT2D eigenvalue weighted by Crippen LogP contribution is -2.46. The van der Waals surface area contributed by atoms with Crippen LogP contribution in [-0.2, 0) is 32.0 Å². The third kappa shape index (κ3) is 6.65. The zero-order valence-electron chi connectivity index (χ0n) is 22.2. The first-order valence-corrected chi connectivity index (χ1v) is 15.6. The quantitative estimate of drug-likeness (QED) is 0.0747. The summed E-state index contributed by atoms with van der Waals surface area (Å²) in [5.41, 5.74) is 11.4. The number of amides is 1. The van der Waals surface area contributed by atoms with Crippen molar-refractivity contribution < 1.29 is 71.5 Å². The van der Waals surface area contributed by atoms with Gasteiger partial charge in [0, 0.05) is 6.07 Å². The summed E-state index contributed by atoms with van der Waals surface area (Å²) in [4.78, 5) is 43.3. The van der Waals surface area contributed by atoms with Crippen LogP contribution in [0.5, 0.6) is 0 Å². The van der Waals surface area contributed by atoms with Gasteiger partial charge in [-0.25, -0.2) is 24.1 Å². The molecule has 0 spiro atoms. The lowest BCUT2D eigenvalue weighted by atomic mass is 10.1. The van der Waals surface area contributed by atoms with Gasteiger partial charge in [0.05, 0.1) is 19.5 Å². The van der Waals surface area contributed by atoms with Crippen molar-refractivity contribution in [2.24, 2.45) is 5.73 Å². The van der Waals surface area contributed by atoms with Crippen molar-refractivity contribution in [2.75, 3.05) is 18.9 Å². The van der Waals surface area contributed by atoms with Crippen LogP contribution in [0.2, 0.25) is 0 Å². The lowest BCUT2D eigenvalue weighted by molar-refractivity contribution is -0.765. The number of pyridine rings is 1. The number of aliphatic hydroxyl groups excluding tert-OH is 4. The van der Waals surface area contributed by atoms with Crippen LogP contribution < -0.4 is 16.0 Å². The number of hydrogen-bond acceptors (Lipinski definition) is 16. The van der Waals surface area contributed by atoms with Crippen molar-refractivity contribution in [1.29, 1.82) is 0 Å². The minimum Gasteiger partial charge on any atom is -0.387 e. The molecule has 2 saturated heterocycles. The predicted molar refractivity (Wildman–Crippen MR) is 139 cm³/mol. The van der Waals surface area contributed by atoms with Crippen LogP contribution in [0.1, 0.15) is 22.8 Å². The minimum atomic E-state index is -5.37. The number of nitrogens with zero attached hydrogens (tertiary/aromatic N) is 5. The van der Waals surface area contributed by atoms with Gasteiger partial charge in [0.25, 0.3) is 12.1 Å². The fourth-order valence-corrected chi connectivity index (χ4v) is 6.67. The Morgan fingerprint density at radius 1 is 0.977 bits per heavy atom. The number of fused-ring (bicyclic) bond motifs is 1. The third-order valence-electron chi connectivity index (χ3n) is 6.75. The van der Waals surface area contributed by atoms with Crippen molar-refractivity contribution in [3.63, 3.8) is 0 Å². The highest BCUT2D eigenvalue weighted by Gasteiger charge is 2.50. The fourth-order valence-electron chi connectivity index (χ4n) is 4.58. The minimum absolute atomic E-state index is 0.0505. The van der Waals surface area contributed by atoms with Gasteiger partial charge in [-0.3, -0.25) is 18.4 Å². The molecule has 2 unspecified atom stereocenters. The number of phosphoric ester groups is 2. The van der Waals surface area contributed by atoms with Gasteiger partial charge in [-0.15, -0.1) is 0 Å². The fraction of sp³-hybridized carbons (Fsp3) is 0.476. The summed E-state index contributed by atoms with van der Waals surface area (Å²) in [6.07, 6.45) is -6.85. The average Bonchev–Trinajstić information content (AvgIpc) is 3.61. The molecule has 23 heteroatoms. The summed E-state index contributed by atoms with van der Waals surface area (Å²) in [6.45, 7) is -1.80. The van der Waals surface area contributed by atoms with Crippen LogP contribution in [0.15, 0.2) is 37.2 Å². The van der Waals surface area contributed by atoms with E-state index in [0.29, 0.717) is 0 Å². The smallest absolute Gasteiger partial charge is 0.387 e. The first-order chi connectivity index (χ1) is 20.7. The van der Waals surface area contributed by atoms with E-state index in [4.69, 9.17) is 25.5 Å². The maximum absolute atomic E-state index is 12.4. The number of nitrogen functional groups attached to an aromatic ring is 1. The Labute approximate surface area is 246 Å². The van der Waals surface area contributed by atoms with Crippen molar-refractivity contribution in [2.45, 2.75) is 49.1 Å². The predicted octanol–water partition coefficient (Wildman–Crippen LogP) is -3.02. The number of primary amides is 1. The summed E-state index contributed by atoms with van der Waals surface area (Å²) in [6, 6.07) is 2.83. The van der Waals surface area contributed by atoms with Gasteiger partial charge in [-0.05, 0) is 6.07 Å². The van der Waals surface area contributed by atoms with E-state index in [1.165, 1.54) is 40.0 Å². The molecule has 0 bridgehead atoms. The van der Waals surface area contributed by atoms with E-state index in [2.05, 4.69) is 23.8 Å². The Morgan fingerprint density at radius 2 is 1.61 bits per heavy atom. The molecule has 1 amide bonds. The molecule has 240 valence electrons. The highest BCUT2D eigenvalue weighted by molar-refractivity contribution is 7.61. The number of carbonyl (C=O) groups is 1. The number of imidazole rings is 1. The van der Waals surface area contributed by atoms with Crippen LogP contribution in [0, 0.1) is 0 Å². The van der Waals surface area contributed by atoms with Gasteiger partial charge in [-0.2, -0.15) is 8.88 Å². The first-order valence-electron chi connectivity index (χ1n) is 12.6. The Bertz CT molecular complexity index is 1630. The second kappa shape index (κ2) is 12.4. The molecule has 3 aromatic heterocycles. The van der Waals surface area contributed by atoms with E-state index in [1.807, 2.05) is 0 Å². The Kier molecular flexibility index (Phi) is 9.13. The molecule has 5 heterocycles. The average molecular weight is 664 g/mol. The monoisotopic (exact) mass is 664 g/mol. The molecule has 3 aromatic rings. The van der Waals surface area contributed by atoms with Gasteiger partial charge in [0.1, 0.15) is 47.9 Å². The number of carbonyl (C=O) groups excluding carboxylic acids is 1. The first kappa shape index (κ1) is 32.4. The summed E-state index contributed by atoms with van der Waals surface area (Å²) < 4.78 is 52.0. The molecular weight excluding hydrogens is 636 g/mol. The highest BCUT2D eigenvalue weighted by Crippen LogP contribution is 2.60. The van der Waals surface area contributed by atoms with Crippen LogP contribution >= 0.6 is 15.6 Å². The molecule has 0 radical (unpaired) electrons.